The second-order valence-electron chi connectivity index (χ2n) is 8.04. The van der Waals surface area contributed by atoms with Crippen molar-refractivity contribution in [3.8, 4) is 5.75 Å². The number of carbonyl (C=O) groups excluding carboxylic acids is 1. The minimum absolute atomic E-state index is 0.0331. The van der Waals surface area contributed by atoms with E-state index in [0.29, 0.717) is 31.7 Å². The van der Waals surface area contributed by atoms with E-state index >= 15 is 0 Å². The third kappa shape index (κ3) is 6.31. The summed E-state index contributed by atoms with van der Waals surface area (Å²) in [6, 6.07) is 16.7. The Morgan fingerprint density at radius 1 is 1.16 bits per heavy atom. The maximum Gasteiger partial charge on any atom is 0.243 e. The van der Waals surface area contributed by atoms with Gasteiger partial charge in [-0.3, -0.25) is 4.79 Å². The highest BCUT2D eigenvalue weighted by Gasteiger charge is 2.33. The van der Waals surface area contributed by atoms with Gasteiger partial charge in [-0.2, -0.15) is 4.31 Å². The van der Waals surface area contributed by atoms with Crippen molar-refractivity contribution < 1.29 is 17.9 Å². The molecule has 0 aliphatic carbocycles. The lowest BCUT2D eigenvalue weighted by Crippen LogP contribution is -2.47. The molecular weight excluding hydrogens is 412 g/mol. The second-order valence-corrected chi connectivity index (χ2v) is 9.98. The van der Waals surface area contributed by atoms with Gasteiger partial charge in [0.15, 0.2) is 0 Å². The quantitative estimate of drug-likeness (QED) is 0.641. The summed E-state index contributed by atoms with van der Waals surface area (Å²) in [7, 11) is -3.64. The monoisotopic (exact) mass is 444 g/mol. The van der Waals surface area contributed by atoms with E-state index in [9.17, 15) is 13.2 Å². The topological polar surface area (TPSA) is 75.7 Å². The van der Waals surface area contributed by atoms with Crippen molar-refractivity contribution in [1.29, 1.82) is 0 Å². The highest BCUT2D eigenvalue weighted by atomic mass is 32.2. The number of nitrogens with zero attached hydrogens (tertiary/aromatic N) is 1. The van der Waals surface area contributed by atoms with Crippen LogP contribution in [0.15, 0.2) is 59.5 Å². The molecule has 1 saturated heterocycles. The molecular formula is C24H32N2O4S. The van der Waals surface area contributed by atoms with Crippen LogP contribution in [0, 0.1) is 5.92 Å². The fourth-order valence-corrected chi connectivity index (χ4v) is 5.38. The largest absolute Gasteiger partial charge is 0.494 e. The Kier molecular flexibility index (Phi) is 8.09. The summed E-state index contributed by atoms with van der Waals surface area (Å²) in [6.45, 7) is 5.05. The molecule has 168 valence electrons. The molecule has 2 atom stereocenters. The van der Waals surface area contributed by atoms with E-state index in [0.717, 1.165) is 12.8 Å². The maximum absolute atomic E-state index is 13.1. The third-order valence-electron chi connectivity index (χ3n) is 5.62. The summed E-state index contributed by atoms with van der Waals surface area (Å²) in [5.41, 5.74) is 1.24. The zero-order valence-electron chi connectivity index (χ0n) is 18.3. The second kappa shape index (κ2) is 10.8. The van der Waals surface area contributed by atoms with Gasteiger partial charge in [-0.1, -0.05) is 30.3 Å². The number of sulfonamides is 1. The van der Waals surface area contributed by atoms with Crippen molar-refractivity contribution in [2.75, 3.05) is 19.7 Å². The highest BCUT2D eigenvalue weighted by Crippen LogP contribution is 2.25. The molecule has 0 spiro atoms. The van der Waals surface area contributed by atoms with Gasteiger partial charge in [-0.05, 0) is 69.4 Å². The Morgan fingerprint density at radius 3 is 2.55 bits per heavy atom. The van der Waals surface area contributed by atoms with Crippen molar-refractivity contribution in [2.45, 2.75) is 50.5 Å². The van der Waals surface area contributed by atoms with Crippen molar-refractivity contribution in [2.24, 2.45) is 5.92 Å². The van der Waals surface area contributed by atoms with Gasteiger partial charge in [0.1, 0.15) is 5.75 Å². The van der Waals surface area contributed by atoms with Crippen LogP contribution in [0.5, 0.6) is 5.75 Å². The first-order valence-corrected chi connectivity index (χ1v) is 12.4. The summed E-state index contributed by atoms with van der Waals surface area (Å²) in [5, 5.41) is 3.08. The number of amides is 1. The summed E-state index contributed by atoms with van der Waals surface area (Å²) < 4.78 is 32.9. The molecule has 31 heavy (non-hydrogen) atoms. The van der Waals surface area contributed by atoms with E-state index in [-0.39, 0.29) is 29.3 Å². The van der Waals surface area contributed by atoms with Crippen LogP contribution in [0.25, 0.3) is 0 Å². The zero-order valence-corrected chi connectivity index (χ0v) is 19.1. The van der Waals surface area contributed by atoms with Gasteiger partial charge >= 0.3 is 0 Å². The number of piperidine rings is 1. The SMILES string of the molecule is CCOc1ccc(S(=O)(=O)N2CCC[C@@H](C(=O)N[C@@H](C)CCc3ccccc3)C2)cc1. The van der Waals surface area contributed by atoms with E-state index in [1.807, 2.05) is 32.0 Å². The molecule has 1 heterocycles. The van der Waals surface area contributed by atoms with Crippen molar-refractivity contribution >= 4 is 15.9 Å². The lowest BCUT2D eigenvalue weighted by molar-refractivity contribution is -0.126. The third-order valence-corrected chi connectivity index (χ3v) is 7.50. The number of ether oxygens (including phenoxy) is 1. The minimum Gasteiger partial charge on any atom is -0.494 e. The number of aryl methyl sites for hydroxylation is 1. The van der Waals surface area contributed by atoms with Crippen LogP contribution in [0.1, 0.15) is 38.7 Å². The summed E-state index contributed by atoms with van der Waals surface area (Å²) in [4.78, 5) is 13.0. The van der Waals surface area contributed by atoms with Crippen LogP contribution in [-0.4, -0.2) is 44.4 Å². The van der Waals surface area contributed by atoms with Crippen LogP contribution >= 0.6 is 0 Å². The van der Waals surface area contributed by atoms with Crippen molar-refractivity contribution in [3.05, 3.63) is 60.2 Å². The molecule has 0 radical (unpaired) electrons. The number of carbonyl (C=O) groups is 1. The van der Waals surface area contributed by atoms with E-state index in [1.165, 1.54) is 9.87 Å². The van der Waals surface area contributed by atoms with E-state index < -0.39 is 10.0 Å². The predicted octanol–water partition coefficient (Wildman–Crippen LogP) is 3.62. The molecule has 2 aromatic rings. The molecule has 1 fully saturated rings. The summed E-state index contributed by atoms with van der Waals surface area (Å²) >= 11 is 0. The Labute approximate surface area is 185 Å². The Hall–Kier alpha value is -2.38. The zero-order chi connectivity index (χ0) is 22.3. The predicted molar refractivity (Wildman–Crippen MR) is 121 cm³/mol. The normalized spacial score (nSPS) is 18.3. The average Bonchev–Trinajstić information content (AvgIpc) is 2.79. The van der Waals surface area contributed by atoms with Gasteiger partial charge in [0.2, 0.25) is 15.9 Å². The maximum atomic E-state index is 13.1. The van der Waals surface area contributed by atoms with Gasteiger partial charge in [-0.15, -0.1) is 0 Å². The lowest BCUT2D eigenvalue weighted by atomic mass is 9.98. The fourth-order valence-electron chi connectivity index (χ4n) is 3.86. The van der Waals surface area contributed by atoms with E-state index in [1.54, 1.807) is 24.3 Å². The molecule has 1 N–H and O–H groups in total. The molecule has 3 rings (SSSR count). The van der Waals surface area contributed by atoms with Crippen LogP contribution in [0.3, 0.4) is 0 Å². The molecule has 6 nitrogen and oxygen atoms in total. The van der Waals surface area contributed by atoms with Gasteiger partial charge in [0.25, 0.3) is 0 Å². The van der Waals surface area contributed by atoms with Crippen LogP contribution < -0.4 is 10.1 Å². The van der Waals surface area contributed by atoms with Crippen LogP contribution in [0.2, 0.25) is 0 Å². The van der Waals surface area contributed by atoms with Gasteiger partial charge in [0.05, 0.1) is 17.4 Å². The minimum atomic E-state index is -3.64. The number of rotatable bonds is 9. The van der Waals surface area contributed by atoms with Crippen LogP contribution in [-0.2, 0) is 21.2 Å². The van der Waals surface area contributed by atoms with Crippen molar-refractivity contribution in [1.82, 2.24) is 9.62 Å². The van der Waals surface area contributed by atoms with Gasteiger partial charge in [-0.25, -0.2) is 8.42 Å². The Bertz CT molecular complexity index is 945. The van der Waals surface area contributed by atoms with E-state index in [2.05, 4.69) is 17.4 Å². The molecule has 0 bridgehead atoms. The smallest absolute Gasteiger partial charge is 0.243 e. The molecule has 2 aromatic carbocycles. The molecule has 7 heteroatoms. The lowest BCUT2D eigenvalue weighted by Gasteiger charge is -2.32. The Morgan fingerprint density at radius 2 is 1.87 bits per heavy atom. The number of hydrogen-bond acceptors (Lipinski definition) is 4. The molecule has 1 aliphatic rings. The van der Waals surface area contributed by atoms with Crippen LogP contribution in [0.4, 0.5) is 0 Å². The molecule has 1 amide bonds. The number of benzene rings is 2. The average molecular weight is 445 g/mol. The molecule has 0 aromatic heterocycles. The first kappa shape index (κ1) is 23.3. The number of hydrogen-bond donors (Lipinski definition) is 1. The molecule has 0 saturated carbocycles. The highest BCUT2D eigenvalue weighted by molar-refractivity contribution is 7.89. The molecule has 0 unspecified atom stereocenters. The Balaban J connectivity index is 1.56. The van der Waals surface area contributed by atoms with E-state index in [4.69, 9.17) is 4.74 Å². The first-order valence-electron chi connectivity index (χ1n) is 11.0. The van der Waals surface area contributed by atoms with Gasteiger partial charge in [0, 0.05) is 19.1 Å². The van der Waals surface area contributed by atoms with Gasteiger partial charge < -0.3 is 10.1 Å². The summed E-state index contributed by atoms with van der Waals surface area (Å²) in [6.07, 6.45) is 3.11. The summed E-state index contributed by atoms with van der Waals surface area (Å²) in [5.74, 6) is 0.249. The fraction of sp³-hybridized carbons (Fsp3) is 0.458. The number of nitrogens with one attached hydrogen (secondary N) is 1. The van der Waals surface area contributed by atoms with Crippen molar-refractivity contribution in [3.63, 3.8) is 0 Å². The standard InChI is InChI=1S/C24H32N2O4S/c1-3-30-22-13-15-23(16-14-22)31(28,29)26-17-7-10-21(18-26)24(27)25-19(2)11-12-20-8-5-4-6-9-20/h4-6,8-9,13-16,19,21H,3,7,10-12,17-18H2,1-2H3,(H,25,27)/t19-,21+/m0/s1. The molecule has 1 aliphatic heterocycles. The first-order chi connectivity index (χ1) is 14.9.